The van der Waals surface area contributed by atoms with Gasteiger partial charge in [0.25, 0.3) is 0 Å². The van der Waals surface area contributed by atoms with Crippen molar-refractivity contribution in [3.8, 4) is 5.75 Å². The van der Waals surface area contributed by atoms with Gasteiger partial charge in [0.2, 0.25) is 5.75 Å². The van der Waals surface area contributed by atoms with E-state index in [1.807, 2.05) is 0 Å². The zero-order valence-corrected chi connectivity index (χ0v) is 12.0. The van der Waals surface area contributed by atoms with Gasteiger partial charge in [-0.1, -0.05) is 0 Å². The van der Waals surface area contributed by atoms with Crippen molar-refractivity contribution in [2.45, 2.75) is 12.8 Å². The van der Waals surface area contributed by atoms with Crippen molar-refractivity contribution >= 4 is 11.6 Å². The maximum absolute atomic E-state index is 5.82. The first-order chi connectivity index (χ1) is 9.11. The summed E-state index contributed by atoms with van der Waals surface area (Å²) in [6, 6.07) is 0. The van der Waals surface area contributed by atoms with Crippen LogP contribution in [0.25, 0.3) is 0 Å². The highest BCUT2D eigenvalue weighted by Gasteiger charge is 2.23. The van der Waals surface area contributed by atoms with Crippen LogP contribution in [-0.2, 0) is 0 Å². The fourth-order valence-corrected chi connectivity index (χ4v) is 2.64. The lowest BCUT2D eigenvalue weighted by Gasteiger charge is -2.34. The van der Waals surface area contributed by atoms with Crippen LogP contribution < -0.4 is 15.4 Å². The van der Waals surface area contributed by atoms with E-state index in [0.717, 1.165) is 31.4 Å². The number of anilines is 2. The smallest absolute Gasteiger partial charge is 0.204 e. The van der Waals surface area contributed by atoms with Crippen LogP contribution in [0, 0.1) is 5.92 Å². The van der Waals surface area contributed by atoms with Crippen LogP contribution in [0.3, 0.4) is 0 Å². The Bertz CT molecular complexity index is 415. The highest BCUT2D eigenvalue weighted by atomic mass is 16.5. The molecule has 2 heterocycles. The van der Waals surface area contributed by atoms with Crippen molar-refractivity contribution in [1.29, 1.82) is 0 Å². The molecule has 0 spiro atoms. The van der Waals surface area contributed by atoms with Crippen LogP contribution in [0.5, 0.6) is 5.75 Å². The van der Waals surface area contributed by atoms with Crippen LogP contribution in [0.4, 0.5) is 11.6 Å². The molecule has 1 aromatic heterocycles. The molecule has 0 aromatic carbocycles. The number of nitrogens with zero attached hydrogens (tertiary/aromatic N) is 4. The van der Waals surface area contributed by atoms with E-state index in [2.05, 4.69) is 33.9 Å². The molecule has 0 aliphatic carbocycles. The van der Waals surface area contributed by atoms with Gasteiger partial charge in [-0.15, -0.1) is 0 Å². The Morgan fingerprint density at radius 3 is 2.63 bits per heavy atom. The van der Waals surface area contributed by atoms with Gasteiger partial charge in [-0.3, -0.25) is 0 Å². The molecule has 1 fully saturated rings. The minimum Gasteiger partial charge on any atom is -0.490 e. The van der Waals surface area contributed by atoms with Gasteiger partial charge in [0.05, 0.1) is 7.11 Å². The Kier molecular flexibility index (Phi) is 4.42. The lowest BCUT2D eigenvalue weighted by atomic mass is 9.96. The summed E-state index contributed by atoms with van der Waals surface area (Å²) < 4.78 is 5.32. The van der Waals surface area contributed by atoms with Crippen molar-refractivity contribution < 1.29 is 4.74 Å². The van der Waals surface area contributed by atoms with Gasteiger partial charge >= 0.3 is 0 Å². The molecule has 6 heteroatoms. The Morgan fingerprint density at radius 2 is 2.05 bits per heavy atom. The van der Waals surface area contributed by atoms with Gasteiger partial charge in [0.15, 0.2) is 11.6 Å². The molecule has 0 saturated carbocycles. The van der Waals surface area contributed by atoms with E-state index in [1.165, 1.54) is 19.2 Å². The van der Waals surface area contributed by atoms with Gasteiger partial charge in [-0.2, -0.15) is 0 Å². The van der Waals surface area contributed by atoms with E-state index in [0.29, 0.717) is 11.6 Å². The first kappa shape index (κ1) is 13.9. The summed E-state index contributed by atoms with van der Waals surface area (Å²) in [7, 11) is 5.86. The van der Waals surface area contributed by atoms with Crippen LogP contribution >= 0.6 is 0 Å². The van der Waals surface area contributed by atoms with Gasteiger partial charge in [-0.05, 0) is 32.9 Å². The van der Waals surface area contributed by atoms with Crippen LogP contribution in [0.1, 0.15) is 12.8 Å². The zero-order chi connectivity index (χ0) is 13.8. The second kappa shape index (κ2) is 6.06. The minimum absolute atomic E-state index is 0.405. The summed E-state index contributed by atoms with van der Waals surface area (Å²) in [6.45, 7) is 3.13. The number of piperidine rings is 1. The molecule has 1 aliphatic rings. The summed E-state index contributed by atoms with van der Waals surface area (Å²) in [5.41, 5.74) is 5.82. The van der Waals surface area contributed by atoms with E-state index < -0.39 is 0 Å². The molecular weight excluding hydrogens is 242 g/mol. The number of aromatic nitrogens is 2. The van der Waals surface area contributed by atoms with Crippen molar-refractivity contribution in [2.24, 2.45) is 5.92 Å². The summed E-state index contributed by atoms with van der Waals surface area (Å²) >= 11 is 0. The largest absolute Gasteiger partial charge is 0.490 e. The molecular formula is C13H23N5O. The van der Waals surface area contributed by atoms with Gasteiger partial charge in [0, 0.05) is 19.6 Å². The number of nitrogens with two attached hydrogens (primary N) is 1. The minimum atomic E-state index is 0.405. The summed E-state index contributed by atoms with van der Waals surface area (Å²) in [4.78, 5) is 12.8. The second-order valence-corrected chi connectivity index (χ2v) is 5.31. The first-order valence-electron chi connectivity index (χ1n) is 6.66. The van der Waals surface area contributed by atoms with Crippen molar-refractivity contribution in [3.05, 3.63) is 6.33 Å². The highest BCUT2D eigenvalue weighted by Crippen LogP contribution is 2.32. The van der Waals surface area contributed by atoms with E-state index >= 15 is 0 Å². The Morgan fingerprint density at radius 1 is 1.37 bits per heavy atom. The first-order valence-corrected chi connectivity index (χ1v) is 6.66. The van der Waals surface area contributed by atoms with Crippen LogP contribution in [0.2, 0.25) is 0 Å². The molecule has 19 heavy (non-hydrogen) atoms. The molecule has 2 rings (SSSR count). The number of rotatable bonds is 4. The molecule has 1 aliphatic heterocycles. The third-order valence-electron chi connectivity index (χ3n) is 3.55. The molecule has 6 nitrogen and oxygen atoms in total. The molecule has 106 valence electrons. The Balaban J connectivity index is 2.03. The normalized spacial score (nSPS) is 16.9. The number of methoxy groups -OCH3 is 1. The quantitative estimate of drug-likeness (QED) is 0.870. The number of nitrogen functional groups attached to an aromatic ring is 1. The van der Waals surface area contributed by atoms with Crippen LogP contribution in [-0.4, -0.2) is 55.7 Å². The lowest BCUT2D eigenvalue weighted by molar-refractivity contribution is 0.284. The molecule has 2 N–H and O–H groups in total. The molecule has 1 aromatic rings. The molecule has 0 bridgehead atoms. The number of hydrogen-bond acceptors (Lipinski definition) is 6. The molecule has 0 unspecified atom stereocenters. The zero-order valence-electron chi connectivity index (χ0n) is 12.0. The van der Waals surface area contributed by atoms with Gasteiger partial charge in [-0.25, -0.2) is 9.97 Å². The van der Waals surface area contributed by atoms with E-state index in [4.69, 9.17) is 10.5 Å². The molecule has 0 atom stereocenters. The fraction of sp³-hybridized carbons (Fsp3) is 0.692. The Hall–Kier alpha value is -1.56. The standard InChI is InChI=1S/C13H23N5O/c1-17(2)8-10-4-6-18(7-5-10)13-11(19-3)12(14)15-9-16-13/h9-10H,4-8H2,1-3H3,(H2,14,15,16). The third kappa shape index (κ3) is 3.26. The molecule has 0 amide bonds. The second-order valence-electron chi connectivity index (χ2n) is 5.31. The average Bonchev–Trinajstić information content (AvgIpc) is 2.38. The summed E-state index contributed by atoms with van der Waals surface area (Å²) in [5.74, 6) is 2.58. The van der Waals surface area contributed by atoms with Crippen molar-refractivity contribution in [1.82, 2.24) is 14.9 Å². The fourth-order valence-electron chi connectivity index (χ4n) is 2.64. The highest BCUT2D eigenvalue weighted by molar-refractivity contribution is 5.62. The summed E-state index contributed by atoms with van der Waals surface area (Å²) in [6.07, 6.45) is 3.84. The van der Waals surface area contributed by atoms with E-state index in [-0.39, 0.29) is 0 Å². The monoisotopic (exact) mass is 265 g/mol. The van der Waals surface area contributed by atoms with Gasteiger partial charge in [0.1, 0.15) is 6.33 Å². The van der Waals surface area contributed by atoms with Gasteiger partial charge < -0.3 is 20.3 Å². The maximum atomic E-state index is 5.82. The maximum Gasteiger partial charge on any atom is 0.204 e. The number of ether oxygens (including phenoxy) is 1. The average molecular weight is 265 g/mol. The van der Waals surface area contributed by atoms with Crippen LogP contribution in [0.15, 0.2) is 6.33 Å². The number of hydrogen-bond donors (Lipinski definition) is 1. The third-order valence-corrected chi connectivity index (χ3v) is 3.55. The van der Waals surface area contributed by atoms with E-state index in [1.54, 1.807) is 7.11 Å². The lowest BCUT2D eigenvalue weighted by Crippen LogP contribution is -2.37. The van der Waals surface area contributed by atoms with Crippen molar-refractivity contribution in [3.63, 3.8) is 0 Å². The summed E-state index contributed by atoms with van der Waals surface area (Å²) in [5, 5.41) is 0. The van der Waals surface area contributed by atoms with E-state index in [9.17, 15) is 0 Å². The topological polar surface area (TPSA) is 67.5 Å². The predicted molar refractivity (Wildman–Crippen MR) is 76.5 cm³/mol. The Labute approximate surface area is 114 Å². The molecule has 0 radical (unpaired) electrons. The molecule has 1 saturated heterocycles. The van der Waals surface area contributed by atoms with Crippen molar-refractivity contribution in [2.75, 3.05) is 51.5 Å². The predicted octanol–water partition coefficient (Wildman–Crippen LogP) is 0.845. The SMILES string of the molecule is COc1c(N)ncnc1N1CCC(CN(C)C)CC1.